The molecule has 5 rings (SSSR count). The zero-order chi connectivity index (χ0) is 28.9. The molecule has 2 saturated heterocycles. The van der Waals surface area contributed by atoms with Crippen LogP contribution in [-0.4, -0.2) is 95.0 Å². The van der Waals surface area contributed by atoms with Crippen LogP contribution < -0.4 is 24.6 Å². The Kier molecular flexibility index (Phi) is 9.23. The Hall–Kier alpha value is -3.45. The van der Waals surface area contributed by atoms with Gasteiger partial charge in [0.15, 0.2) is 0 Å². The van der Waals surface area contributed by atoms with Gasteiger partial charge in [0.1, 0.15) is 11.6 Å². The number of piperidine rings is 1. The van der Waals surface area contributed by atoms with E-state index in [9.17, 15) is 8.76 Å². The Morgan fingerprint density at radius 2 is 1.76 bits per heavy atom. The number of aryl methyl sites for hydroxylation is 1. The van der Waals surface area contributed by atoms with Crippen LogP contribution in [0.1, 0.15) is 18.4 Å². The molecule has 3 aromatic rings. The van der Waals surface area contributed by atoms with Crippen molar-refractivity contribution in [3.63, 3.8) is 0 Å². The minimum Gasteiger partial charge on any atom is -0.755 e. The van der Waals surface area contributed by atoms with Crippen molar-refractivity contribution in [1.29, 1.82) is 0 Å². The number of methoxy groups -OCH3 is 1. The molecule has 0 radical (unpaired) electrons. The number of aromatic nitrogens is 2. The fourth-order valence-corrected chi connectivity index (χ4v) is 5.79. The fourth-order valence-electron chi connectivity index (χ4n) is 5.47. The molecule has 0 saturated carbocycles. The van der Waals surface area contributed by atoms with E-state index in [1.807, 2.05) is 25.1 Å². The highest BCUT2D eigenvalue weighted by Gasteiger charge is 2.27. The lowest BCUT2D eigenvalue weighted by molar-refractivity contribution is 0.0982. The number of hydrogen-bond donors (Lipinski definition) is 2. The summed E-state index contributed by atoms with van der Waals surface area (Å²) in [6.45, 7) is 8.59. The maximum atomic E-state index is 11.5. The Balaban J connectivity index is 1.27. The molecule has 0 amide bonds. The maximum absolute atomic E-state index is 11.5. The number of hydrogen-bond acceptors (Lipinski definition) is 10. The second-order valence-electron chi connectivity index (χ2n) is 10.6. The lowest BCUT2D eigenvalue weighted by Gasteiger charge is -2.42. The van der Waals surface area contributed by atoms with Crippen molar-refractivity contribution < 1.29 is 13.5 Å². The van der Waals surface area contributed by atoms with E-state index in [4.69, 9.17) is 4.74 Å². The van der Waals surface area contributed by atoms with Gasteiger partial charge in [0.25, 0.3) is 0 Å². The normalized spacial score (nSPS) is 17.7. The molecule has 11 nitrogen and oxygen atoms in total. The van der Waals surface area contributed by atoms with Gasteiger partial charge in [0, 0.05) is 87.1 Å². The van der Waals surface area contributed by atoms with Gasteiger partial charge in [-0.1, -0.05) is 12.1 Å². The predicted octanol–water partition coefficient (Wildman–Crippen LogP) is 3.73. The quantitative estimate of drug-likeness (QED) is 0.364. The molecule has 2 aromatic carbocycles. The second kappa shape index (κ2) is 13.0. The van der Waals surface area contributed by atoms with E-state index in [2.05, 4.69) is 54.5 Å². The summed E-state index contributed by atoms with van der Waals surface area (Å²) in [4.78, 5) is 16.6. The standard InChI is InChI=1S/C29H40N8O3S/c1-21-20-30-29(33-28(21)31-24-7-5-6-8-26(24)35(3)41(38)39)32-25-10-9-23(19-27(25)40-4)36-13-11-22(12-14-36)37-17-15-34(2)16-18-37/h5-10,19-20,22H,11-18H2,1-4H3,(H,38,39)(H2,30,31,32,33)/p-1. The first kappa shape index (κ1) is 29.1. The van der Waals surface area contributed by atoms with E-state index in [0.29, 0.717) is 34.9 Å². The number of para-hydroxylation sites is 2. The van der Waals surface area contributed by atoms with Crippen LogP contribution in [0.25, 0.3) is 0 Å². The van der Waals surface area contributed by atoms with Crippen molar-refractivity contribution >= 4 is 45.8 Å². The first-order chi connectivity index (χ1) is 19.8. The van der Waals surface area contributed by atoms with Crippen molar-refractivity contribution in [2.24, 2.45) is 0 Å². The topological polar surface area (TPSA) is 112 Å². The highest BCUT2D eigenvalue weighted by atomic mass is 32.2. The third-order valence-corrected chi connectivity index (χ3v) is 8.65. The Morgan fingerprint density at radius 3 is 2.46 bits per heavy atom. The molecule has 3 heterocycles. The number of rotatable bonds is 9. The molecule has 2 aliphatic heterocycles. The van der Waals surface area contributed by atoms with Gasteiger partial charge in [-0.2, -0.15) is 4.98 Å². The van der Waals surface area contributed by atoms with Crippen molar-refractivity contribution in [3.05, 3.63) is 54.2 Å². The van der Waals surface area contributed by atoms with Gasteiger partial charge in [-0.25, -0.2) is 4.98 Å². The van der Waals surface area contributed by atoms with E-state index in [1.54, 1.807) is 25.4 Å². The monoisotopic (exact) mass is 579 g/mol. The van der Waals surface area contributed by atoms with E-state index in [1.165, 1.54) is 24.2 Å². The zero-order valence-electron chi connectivity index (χ0n) is 24.2. The summed E-state index contributed by atoms with van der Waals surface area (Å²) in [5, 5.41) is 6.55. The molecule has 41 heavy (non-hydrogen) atoms. The van der Waals surface area contributed by atoms with Gasteiger partial charge < -0.3 is 34.0 Å². The lowest BCUT2D eigenvalue weighted by Crippen LogP contribution is -2.52. The van der Waals surface area contributed by atoms with Crippen LogP contribution in [-0.2, 0) is 11.3 Å². The Morgan fingerprint density at radius 1 is 1.02 bits per heavy atom. The maximum Gasteiger partial charge on any atom is 0.229 e. The average Bonchev–Trinajstić information content (AvgIpc) is 2.99. The van der Waals surface area contributed by atoms with E-state index in [0.717, 1.165) is 56.2 Å². The highest BCUT2D eigenvalue weighted by molar-refractivity contribution is 7.80. The molecule has 0 aliphatic carbocycles. The molecule has 0 bridgehead atoms. The molecular formula is C29H39N8O3S-. The molecule has 2 aliphatic rings. The number of likely N-dealkylation sites (N-methyl/N-ethyl adjacent to an activating group) is 1. The van der Waals surface area contributed by atoms with Gasteiger partial charge in [-0.3, -0.25) is 9.11 Å². The van der Waals surface area contributed by atoms with Gasteiger partial charge in [-0.15, -0.1) is 0 Å². The van der Waals surface area contributed by atoms with Crippen LogP contribution in [0.5, 0.6) is 5.75 Å². The average molecular weight is 580 g/mol. The molecule has 2 fully saturated rings. The Labute approximate surface area is 244 Å². The summed E-state index contributed by atoms with van der Waals surface area (Å²) < 4.78 is 30.0. The molecule has 2 N–H and O–H groups in total. The number of nitrogens with one attached hydrogen (secondary N) is 2. The fraction of sp³-hybridized carbons (Fsp3) is 0.448. The summed E-state index contributed by atoms with van der Waals surface area (Å²) in [6, 6.07) is 14.0. The molecule has 1 aromatic heterocycles. The minimum absolute atomic E-state index is 0.398. The van der Waals surface area contributed by atoms with E-state index < -0.39 is 11.3 Å². The van der Waals surface area contributed by atoms with Crippen LogP contribution in [0.3, 0.4) is 0 Å². The van der Waals surface area contributed by atoms with Crippen LogP contribution >= 0.6 is 0 Å². The van der Waals surface area contributed by atoms with Crippen molar-refractivity contribution in [1.82, 2.24) is 19.8 Å². The summed E-state index contributed by atoms with van der Waals surface area (Å²) in [6.07, 6.45) is 4.06. The van der Waals surface area contributed by atoms with Crippen LogP contribution in [0.15, 0.2) is 48.7 Å². The second-order valence-corrected chi connectivity index (χ2v) is 11.6. The zero-order valence-corrected chi connectivity index (χ0v) is 25.0. The van der Waals surface area contributed by atoms with E-state index >= 15 is 0 Å². The third-order valence-electron chi connectivity index (χ3n) is 8.01. The summed E-state index contributed by atoms with van der Waals surface area (Å²) >= 11 is -2.40. The largest absolute Gasteiger partial charge is 0.755 e. The van der Waals surface area contributed by atoms with Gasteiger partial charge in [0.05, 0.1) is 24.2 Å². The number of piperazine rings is 1. The van der Waals surface area contributed by atoms with Crippen LogP contribution in [0.4, 0.5) is 34.5 Å². The van der Waals surface area contributed by atoms with Crippen molar-refractivity contribution in [2.45, 2.75) is 25.8 Å². The van der Waals surface area contributed by atoms with Gasteiger partial charge in [-0.05, 0) is 51.1 Å². The molecular weight excluding hydrogens is 540 g/mol. The van der Waals surface area contributed by atoms with Crippen LogP contribution in [0, 0.1) is 6.92 Å². The smallest absolute Gasteiger partial charge is 0.229 e. The number of ether oxygens (including phenoxy) is 1. The van der Waals surface area contributed by atoms with Crippen molar-refractivity contribution in [2.75, 3.05) is 80.3 Å². The number of benzene rings is 2. The molecule has 12 heteroatoms. The highest BCUT2D eigenvalue weighted by Crippen LogP contribution is 2.34. The third kappa shape index (κ3) is 6.89. The SMILES string of the molecule is COc1cc(N2CCC(N3CCN(C)CC3)CC2)ccc1Nc1ncc(C)c(Nc2ccccc2N(C)S(=O)[O-])n1. The van der Waals surface area contributed by atoms with Gasteiger partial charge in [0.2, 0.25) is 5.95 Å². The number of anilines is 6. The van der Waals surface area contributed by atoms with E-state index in [-0.39, 0.29) is 0 Å². The number of nitrogens with zero attached hydrogens (tertiary/aromatic N) is 6. The predicted molar refractivity (Wildman–Crippen MR) is 164 cm³/mol. The summed E-state index contributed by atoms with van der Waals surface area (Å²) in [5.74, 6) is 1.68. The molecule has 1 atom stereocenters. The Bertz CT molecular complexity index is 1360. The minimum atomic E-state index is -2.40. The molecule has 1 unspecified atom stereocenters. The molecule has 0 spiro atoms. The summed E-state index contributed by atoms with van der Waals surface area (Å²) in [7, 11) is 5.37. The summed E-state index contributed by atoms with van der Waals surface area (Å²) in [5.41, 5.74) is 3.86. The van der Waals surface area contributed by atoms with Crippen molar-refractivity contribution in [3.8, 4) is 5.75 Å². The van der Waals surface area contributed by atoms with Gasteiger partial charge >= 0.3 is 0 Å². The first-order valence-electron chi connectivity index (χ1n) is 14.0. The molecule has 220 valence electrons. The lowest BCUT2D eigenvalue weighted by atomic mass is 10.0. The van der Waals surface area contributed by atoms with Crippen LogP contribution in [0.2, 0.25) is 0 Å². The first-order valence-corrected chi connectivity index (χ1v) is 15.0.